The van der Waals surface area contributed by atoms with Gasteiger partial charge in [-0.3, -0.25) is 0 Å². The molecule has 0 unspecified atom stereocenters. The number of ether oxygens (including phenoxy) is 1. The van der Waals surface area contributed by atoms with E-state index >= 15 is 0 Å². The smallest absolute Gasteiger partial charge is 0.532 e. The predicted octanol–water partition coefficient (Wildman–Crippen LogP) is 2.51. The van der Waals surface area contributed by atoms with Gasteiger partial charge >= 0.3 is 18.9 Å². The molecule has 1 rings (SSSR count). The Morgan fingerprint density at radius 2 is 1.29 bits per heavy atom. The van der Waals surface area contributed by atoms with Crippen LogP contribution in [0.2, 0.25) is 36.3 Å². The van der Waals surface area contributed by atoms with Crippen LogP contribution in [0.5, 0.6) is 0 Å². The van der Waals surface area contributed by atoms with Crippen molar-refractivity contribution in [2.75, 3.05) is 0 Å². The Balaban J connectivity index is 0.00000529. The maximum Gasteiger partial charge on any atom is 1.00 e. The minimum Gasteiger partial charge on any atom is -0.532 e. The standard InChI is InChI=1S/C18H37O3Si2.Li/c1-14-16(21-23(10,11)18(5,6)7)15(12-13-19-14)20-22(8,9)17(2,3)4;/h13-16H,1-11H3;/q-1;+1/t14-,15-,16-;/m0./s1. The summed E-state index contributed by atoms with van der Waals surface area (Å²) in [7, 11) is -3.78. The third-order valence-electron chi connectivity index (χ3n) is 5.74. The fourth-order valence-corrected chi connectivity index (χ4v) is 4.44. The molecule has 0 N–H and O–H groups in total. The summed E-state index contributed by atoms with van der Waals surface area (Å²) in [6, 6.07) is 0. The molecule has 1 aliphatic rings. The molecule has 1 aliphatic heterocycles. The molecule has 136 valence electrons. The second kappa shape index (κ2) is 8.02. The van der Waals surface area contributed by atoms with Crippen molar-refractivity contribution in [1.29, 1.82) is 0 Å². The van der Waals surface area contributed by atoms with Crippen molar-refractivity contribution < 1.29 is 32.4 Å². The molecule has 0 spiro atoms. The molecule has 24 heavy (non-hydrogen) atoms. The molecule has 0 saturated carbocycles. The third kappa shape index (κ3) is 5.75. The molecule has 0 fully saturated rings. The second-order valence-corrected chi connectivity index (χ2v) is 19.3. The fourth-order valence-electron chi connectivity index (χ4n) is 1.90. The van der Waals surface area contributed by atoms with Crippen LogP contribution in [0.25, 0.3) is 0 Å². The molecule has 1 heterocycles. The molecule has 0 bridgehead atoms. The van der Waals surface area contributed by atoms with Crippen LogP contribution in [0.1, 0.15) is 48.5 Å². The largest absolute Gasteiger partial charge is 1.00 e. The first kappa shape index (κ1) is 24.5. The van der Waals surface area contributed by atoms with Gasteiger partial charge in [0.1, 0.15) is 6.10 Å². The molecule has 0 aromatic rings. The summed E-state index contributed by atoms with van der Waals surface area (Å²) < 4.78 is 18.9. The molecule has 0 aromatic carbocycles. The SMILES string of the molecule is C[C@@H]1OC=[C-][C@H](O[Si](C)(C)C(C)(C)C)[C@H]1O[Si](C)(C)C(C)(C)C.[Li+]. The van der Waals surface area contributed by atoms with Gasteiger partial charge in [-0.2, -0.15) is 0 Å². The van der Waals surface area contributed by atoms with Crippen LogP contribution in [0.3, 0.4) is 0 Å². The van der Waals surface area contributed by atoms with E-state index in [0.29, 0.717) is 0 Å². The van der Waals surface area contributed by atoms with Gasteiger partial charge in [0.15, 0.2) is 16.6 Å². The number of rotatable bonds is 4. The summed E-state index contributed by atoms with van der Waals surface area (Å²) >= 11 is 0. The van der Waals surface area contributed by atoms with E-state index in [1.165, 1.54) is 0 Å². The van der Waals surface area contributed by atoms with Crippen LogP contribution < -0.4 is 18.9 Å². The molecule has 6 heteroatoms. The van der Waals surface area contributed by atoms with Gasteiger partial charge in [0.05, 0.1) is 6.10 Å². The summed E-state index contributed by atoms with van der Waals surface area (Å²) in [5, 5.41) is 0.327. The molecular weight excluding hydrogens is 327 g/mol. The zero-order valence-electron chi connectivity index (χ0n) is 18.0. The third-order valence-corrected chi connectivity index (χ3v) is 14.7. The molecule has 0 radical (unpaired) electrons. The van der Waals surface area contributed by atoms with Gasteiger partial charge in [-0.05, 0) is 43.2 Å². The maximum atomic E-state index is 6.66. The van der Waals surface area contributed by atoms with Crippen LogP contribution >= 0.6 is 0 Å². The first-order chi connectivity index (χ1) is 10.1. The fraction of sp³-hybridized carbons (Fsp3) is 0.889. The Morgan fingerprint density at radius 3 is 1.71 bits per heavy atom. The Morgan fingerprint density at radius 1 is 0.875 bits per heavy atom. The van der Waals surface area contributed by atoms with Crippen LogP contribution in [0, 0.1) is 6.08 Å². The average Bonchev–Trinajstić information content (AvgIpc) is 2.30. The van der Waals surface area contributed by atoms with Gasteiger partial charge in [0.2, 0.25) is 0 Å². The molecule has 0 amide bonds. The Kier molecular flexibility index (Phi) is 8.18. The Hall–Kier alpha value is 0.491. The van der Waals surface area contributed by atoms with E-state index in [0.717, 1.165) is 0 Å². The van der Waals surface area contributed by atoms with Crippen molar-refractivity contribution in [2.24, 2.45) is 0 Å². The quantitative estimate of drug-likeness (QED) is 0.567. The zero-order chi connectivity index (χ0) is 18.3. The molecule has 0 saturated heterocycles. The Labute approximate surface area is 164 Å². The van der Waals surface area contributed by atoms with E-state index in [9.17, 15) is 0 Å². The monoisotopic (exact) mass is 364 g/mol. The molecule has 3 atom stereocenters. The van der Waals surface area contributed by atoms with Crippen LogP contribution in [-0.2, 0) is 13.6 Å². The van der Waals surface area contributed by atoms with E-state index in [2.05, 4.69) is 80.7 Å². The van der Waals surface area contributed by atoms with Crippen LogP contribution in [-0.4, -0.2) is 34.9 Å². The van der Waals surface area contributed by atoms with Gasteiger partial charge in [-0.15, -0.1) is 0 Å². The summed E-state index contributed by atoms with van der Waals surface area (Å²) in [4.78, 5) is 0. The summed E-state index contributed by atoms with van der Waals surface area (Å²) in [5.74, 6) is 0. The predicted molar refractivity (Wildman–Crippen MR) is 103 cm³/mol. The topological polar surface area (TPSA) is 27.7 Å². The Bertz CT molecular complexity index is 437. The van der Waals surface area contributed by atoms with Crippen molar-refractivity contribution in [3.63, 3.8) is 0 Å². The van der Waals surface area contributed by atoms with Crippen LogP contribution in [0.15, 0.2) is 6.26 Å². The molecule has 0 aliphatic carbocycles. The second-order valence-electron chi connectivity index (χ2n) is 9.77. The van der Waals surface area contributed by atoms with Gasteiger partial charge in [0, 0.05) is 0 Å². The summed E-state index contributed by atoms with van der Waals surface area (Å²) in [6.07, 6.45) is 4.68. The van der Waals surface area contributed by atoms with Crippen molar-refractivity contribution in [3.05, 3.63) is 12.3 Å². The van der Waals surface area contributed by atoms with E-state index < -0.39 is 16.6 Å². The van der Waals surface area contributed by atoms with Gasteiger partial charge < -0.3 is 19.7 Å². The maximum absolute atomic E-state index is 6.66. The summed E-state index contributed by atoms with van der Waals surface area (Å²) in [5.41, 5.74) is 0. The molecule has 3 nitrogen and oxygen atoms in total. The summed E-state index contributed by atoms with van der Waals surface area (Å²) in [6.45, 7) is 24.7. The van der Waals surface area contributed by atoms with Crippen molar-refractivity contribution >= 4 is 16.6 Å². The minimum absolute atomic E-state index is 0. The van der Waals surface area contributed by atoms with E-state index in [-0.39, 0.29) is 47.2 Å². The number of hydrogen-bond acceptors (Lipinski definition) is 3. The number of hydrogen-bond donors (Lipinski definition) is 0. The molecule has 0 aromatic heterocycles. The van der Waals surface area contributed by atoms with Crippen molar-refractivity contribution in [2.45, 2.75) is 103 Å². The van der Waals surface area contributed by atoms with Crippen molar-refractivity contribution in [1.82, 2.24) is 0 Å². The van der Waals surface area contributed by atoms with Crippen molar-refractivity contribution in [3.8, 4) is 0 Å². The van der Waals surface area contributed by atoms with E-state index in [1.807, 2.05) is 0 Å². The van der Waals surface area contributed by atoms with Crippen LogP contribution in [0.4, 0.5) is 0 Å². The average molecular weight is 365 g/mol. The first-order valence-electron chi connectivity index (χ1n) is 8.67. The zero-order valence-corrected chi connectivity index (χ0v) is 20.0. The van der Waals surface area contributed by atoms with E-state index in [1.54, 1.807) is 6.26 Å². The van der Waals surface area contributed by atoms with Gasteiger partial charge in [0.25, 0.3) is 0 Å². The van der Waals surface area contributed by atoms with E-state index in [4.69, 9.17) is 13.6 Å². The van der Waals surface area contributed by atoms with Gasteiger partial charge in [-0.25, -0.2) is 0 Å². The first-order valence-corrected chi connectivity index (χ1v) is 14.5. The molecular formula is C18H37LiO3Si2. The van der Waals surface area contributed by atoms with Gasteiger partial charge in [-0.1, -0.05) is 53.9 Å². The minimum atomic E-state index is -1.90. The normalized spacial score (nSPS) is 25.9.